The van der Waals surface area contributed by atoms with Crippen LogP contribution in [-0.4, -0.2) is 55.1 Å². The lowest BCUT2D eigenvalue weighted by molar-refractivity contribution is 0.0947. The molecule has 1 aliphatic heterocycles. The van der Waals surface area contributed by atoms with E-state index in [-0.39, 0.29) is 17.5 Å². The van der Waals surface area contributed by atoms with Crippen LogP contribution in [-0.2, 0) is 0 Å². The van der Waals surface area contributed by atoms with Gasteiger partial charge in [-0.3, -0.25) is 9.69 Å². The first-order valence-electron chi connectivity index (χ1n) is 10.5. The molecule has 0 radical (unpaired) electrons. The number of aromatic amines is 1. The number of para-hydroxylation sites is 1. The number of benzene rings is 2. The van der Waals surface area contributed by atoms with Gasteiger partial charge in [0.05, 0.1) is 11.3 Å². The zero-order chi connectivity index (χ0) is 21.8. The molecule has 31 heavy (non-hydrogen) atoms. The molecule has 0 saturated carbocycles. The molecular weight excluding hydrogens is 398 g/mol. The minimum Gasteiger partial charge on any atom is -0.367 e. The number of aryl methyl sites for hydroxylation is 1. The Labute approximate surface area is 180 Å². The van der Waals surface area contributed by atoms with Crippen LogP contribution in [0, 0.1) is 18.6 Å². The monoisotopic (exact) mass is 424 g/mol. The van der Waals surface area contributed by atoms with Crippen molar-refractivity contribution >= 4 is 11.6 Å². The van der Waals surface area contributed by atoms with Crippen molar-refractivity contribution in [3.05, 3.63) is 77.5 Å². The van der Waals surface area contributed by atoms with E-state index < -0.39 is 0 Å². The van der Waals surface area contributed by atoms with Crippen molar-refractivity contribution in [3.8, 4) is 11.3 Å². The number of halogens is 2. The van der Waals surface area contributed by atoms with E-state index >= 15 is 0 Å². The SMILES string of the molecule is Cc1[nH]c(-c2ccc(F)cc2)cc1C(=O)NCCN1CCN(c2ccccc2F)CC1. The molecule has 1 aliphatic rings. The molecule has 2 heterocycles. The molecule has 4 rings (SSSR count). The molecule has 2 aromatic carbocycles. The highest BCUT2D eigenvalue weighted by Gasteiger charge is 2.19. The number of nitrogens with one attached hydrogen (secondary N) is 2. The molecule has 1 saturated heterocycles. The molecule has 0 aliphatic carbocycles. The summed E-state index contributed by atoms with van der Waals surface area (Å²) in [4.78, 5) is 20.1. The highest BCUT2D eigenvalue weighted by molar-refractivity contribution is 5.96. The minimum atomic E-state index is -0.292. The van der Waals surface area contributed by atoms with E-state index in [0.717, 1.165) is 49.7 Å². The van der Waals surface area contributed by atoms with Gasteiger partial charge >= 0.3 is 0 Å². The van der Waals surface area contributed by atoms with Crippen molar-refractivity contribution in [2.75, 3.05) is 44.2 Å². The standard InChI is InChI=1S/C24H26F2N4O/c1-17-20(16-22(28-17)18-6-8-19(25)9-7-18)24(31)27-10-11-29-12-14-30(15-13-29)23-5-3-2-4-21(23)26/h2-9,16,28H,10-15H2,1H3,(H,27,31). The number of hydrogen-bond acceptors (Lipinski definition) is 3. The molecule has 0 atom stereocenters. The molecule has 5 nitrogen and oxygen atoms in total. The number of H-pyrrole nitrogens is 1. The van der Waals surface area contributed by atoms with Gasteiger partial charge in [-0.1, -0.05) is 12.1 Å². The fourth-order valence-electron chi connectivity index (χ4n) is 3.92. The fraction of sp³-hybridized carbons (Fsp3) is 0.292. The van der Waals surface area contributed by atoms with Crippen LogP contribution in [0.5, 0.6) is 0 Å². The highest BCUT2D eigenvalue weighted by atomic mass is 19.1. The first-order valence-corrected chi connectivity index (χ1v) is 10.5. The number of aromatic nitrogens is 1. The van der Waals surface area contributed by atoms with Crippen molar-refractivity contribution in [2.24, 2.45) is 0 Å². The van der Waals surface area contributed by atoms with Crippen LogP contribution < -0.4 is 10.2 Å². The number of anilines is 1. The van der Waals surface area contributed by atoms with Crippen LogP contribution in [0.3, 0.4) is 0 Å². The van der Waals surface area contributed by atoms with Gasteiger partial charge in [-0.2, -0.15) is 0 Å². The van der Waals surface area contributed by atoms with Gasteiger partial charge in [0.15, 0.2) is 0 Å². The van der Waals surface area contributed by atoms with Crippen LogP contribution in [0.15, 0.2) is 54.6 Å². The predicted molar refractivity (Wildman–Crippen MR) is 118 cm³/mol. The smallest absolute Gasteiger partial charge is 0.253 e. The van der Waals surface area contributed by atoms with Gasteiger partial charge in [-0.05, 0) is 55.0 Å². The molecule has 162 valence electrons. The Morgan fingerprint density at radius 3 is 2.45 bits per heavy atom. The molecule has 7 heteroatoms. The number of hydrogen-bond donors (Lipinski definition) is 2. The summed E-state index contributed by atoms with van der Waals surface area (Å²) in [5.41, 5.74) is 3.62. The average Bonchev–Trinajstić information content (AvgIpc) is 3.17. The Morgan fingerprint density at radius 1 is 1.03 bits per heavy atom. The van der Waals surface area contributed by atoms with E-state index in [1.807, 2.05) is 19.1 Å². The van der Waals surface area contributed by atoms with Gasteiger partial charge in [-0.25, -0.2) is 8.78 Å². The molecule has 0 bridgehead atoms. The zero-order valence-corrected chi connectivity index (χ0v) is 17.5. The highest BCUT2D eigenvalue weighted by Crippen LogP contribution is 2.22. The second-order valence-electron chi connectivity index (χ2n) is 7.76. The number of nitrogens with zero attached hydrogens (tertiary/aromatic N) is 2. The molecule has 3 aromatic rings. The molecule has 0 unspecified atom stereocenters. The molecule has 1 amide bonds. The van der Waals surface area contributed by atoms with Crippen LogP contribution >= 0.6 is 0 Å². The van der Waals surface area contributed by atoms with Crippen LogP contribution in [0.1, 0.15) is 16.1 Å². The van der Waals surface area contributed by atoms with Crippen LogP contribution in [0.4, 0.5) is 14.5 Å². The first-order chi connectivity index (χ1) is 15.0. The van der Waals surface area contributed by atoms with Gasteiger partial charge in [0, 0.05) is 50.7 Å². The minimum absolute atomic E-state index is 0.132. The third kappa shape index (κ3) is 4.94. The molecule has 1 fully saturated rings. The maximum Gasteiger partial charge on any atom is 0.253 e. The van der Waals surface area contributed by atoms with Crippen LogP contribution in [0.2, 0.25) is 0 Å². The van der Waals surface area contributed by atoms with E-state index in [1.165, 1.54) is 18.2 Å². The van der Waals surface area contributed by atoms with Crippen molar-refractivity contribution in [2.45, 2.75) is 6.92 Å². The summed E-state index contributed by atoms with van der Waals surface area (Å²) in [5, 5.41) is 2.98. The van der Waals surface area contributed by atoms with E-state index in [4.69, 9.17) is 0 Å². The molecule has 1 aromatic heterocycles. The summed E-state index contributed by atoms with van der Waals surface area (Å²) in [6.07, 6.45) is 0. The number of carbonyl (C=O) groups excluding carboxylic acids is 1. The van der Waals surface area contributed by atoms with Crippen molar-refractivity contribution in [1.29, 1.82) is 0 Å². The normalized spacial score (nSPS) is 14.6. The summed E-state index contributed by atoms with van der Waals surface area (Å²) in [7, 11) is 0. The third-order valence-electron chi connectivity index (χ3n) is 5.69. The van der Waals surface area contributed by atoms with Crippen LogP contribution in [0.25, 0.3) is 11.3 Å². The van der Waals surface area contributed by atoms with E-state index in [0.29, 0.717) is 17.8 Å². The summed E-state index contributed by atoms with van der Waals surface area (Å²) in [5.74, 6) is -0.614. The van der Waals surface area contributed by atoms with E-state index in [1.54, 1.807) is 24.3 Å². The van der Waals surface area contributed by atoms with Gasteiger partial charge in [-0.15, -0.1) is 0 Å². The number of carbonyl (C=O) groups is 1. The van der Waals surface area contributed by atoms with Gasteiger partial charge in [0.2, 0.25) is 0 Å². The maximum absolute atomic E-state index is 14.0. The Kier molecular flexibility index (Phi) is 6.32. The second-order valence-corrected chi connectivity index (χ2v) is 7.76. The van der Waals surface area contributed by atoms with E-state index in [9.17, 15) is 13.6 Å². The Balaban J connectivity index is 1.26. The first kappa shape index (κ1) is 21.1. The summed E-state index contributed by atoms with van der Waals surface area (Å²) in [6.45, 7) is 6.29. The lowest BCUT2D eigenvalue weighted by Gasteiger charge is -2.36. The molecule has 0 spiro atoms. The van der Waals surface area contributed by atoms with Crippen molar-refractivity contribution in [1.82, 2.24) is 15.2 Å². The van der Waals surface area contributed by atoms with Gasteiger partial charge in [0.1, 0.15) is 11.6 Å². The van der Waals surface area contributed by atoms with Gasteiger partial charge in [0.25, 0.3) is 5.91 Å². The predicted octanol–water partition coefficient (Wildman–Crippen LogP) is 3.82. The topological polar surface area (TPSA) is 51.4 Å². The van der Waals surface area contributed by atoms with Crippen molar-refractivity contribution in [3.63, 3.8) is 0 Å². The summed E-state index contributed by atoms with van der Waals surface area (Å²) < 4.78 is 27.1. The number of piperazine rings is 1. The third-order valence-corrected chi connectivity index (χ3v) is 5.69. The quantitative estimate of drug-likeness (QED) is 0.633. The molecule has 2 N–H and O–H groups in total. The van der Waals surface area contributed by atoms with E-state index in [2.05, 4.69) is 20.1 Å². The second kappa shape index (κ2) is 9.31. The molecular formula is C24H26F2N4O. The van der Waals surface area contributed by atoms with Gasteiger partial charge < -0.3 is 15.2 Å². The average molecular weight is 424 g/mol. The largest absolute Gasteiger partial charge is 0.367 e. The number of rotatable bonds is 6. The summed E-state index contributed by atoms with van der Waals surface area (Å²) >= 11 is 0. The fourth-order valence-corrected chi connectivity index (χ4v) is 3.92. The Bertz CT molecular complexity index is 1040. The lowest BCUT2D eigenvalue weighted by Crippen LogP contribution is -2.48. The number of amides is 1. The van der Waals surface area contributed by atoms with Crippen molar-refractivity contribution < 1.29 is 13.6 Å². The summed E-state index contributed by atoms with van der Waals surface area (Å²) in [6, 6.07) is 14.8. The Hall–Kier alpha value is -3.19. The maximum atomic E-state index is 14.0. The Morgan fingerprint density at radius 2 is 1.74 bits per heavy atom. The lowest BCUT2D eigenvalue weighted by atomic mass is 10.1. The zero-order valence-electron chi connectivity index (χ0n) is 17.5.